The molecule has 2 N–H and O–H groups in total. The van der Waals surface area contributed by atoms with Crippen LogP contribution in [0.15, 0.2) is 12.2 Å². The zero-order valence-electron chi connectivity index (χ0n) is 5.26. The highest BCUT2D eigenvalue weighted by molar-refractivity contribution is 4.98. The lowest BCUT2D eigenvalue weighted by molar-refractivity contribution is 0.0550. The van der Waals surface area contributed by atoms with E-state index in [1.807, 2.05) is 0 Å². The second kappa shape index (κ2) is 2.84. The highest BCUT2D eigenvalue weighted by Gasteiger charge is 2.09. The van der Waals surface area contributed by atoms with E-state index in [0.29, 0.717) is 5.57 Å². The molecular formula is C6H12O2. The van der Waals surface area contributed by atoms with E-state index in [4.69, 9.17) is 10.2 Å². The number of hydrogen-bond donors (Lipinski definition) is 2. The van der Waals surface area contributed by atoms with Gasteiger partial charge in [-0.25, -0.2) is 0 Å². The van der Waals surface area contributed by atoms with Crippen LogP contribution in [0.5, 0.6) is 0 Å². The summed E-state index contributed by atoms with van der Waals surface area (Å²) in [5.74, 6) is 0. The third-order valence-electron chi connectivity index (χ3n) is 0.962. The summed E-state index contributed by atoms with van der Waals surface area (Å²) in [5.41, 5.74) is 0.597. The van der Waals surface area contributed by atoms with Gasteiger partial charge in [-0.2, -0.15) is 0 Å². The molecule has 0 saturated heterocycles. The third-order valence-corrected chi connectivity index (χ3v) is 0.962. The highest BCUT2D eigenvalue weighted by Crippen LogP contribution is 2.01. The molecule has 48 valence electrons. The lowest BCUT2D eigenvalue weighted by atomic mass is 10.1. The minimum absolute atomic E-state index is 0.597. The minimum Gasteiger partial charge on any atom is -0.390 e. The van der Waals surface area contributed by atoms with Crippen molar-refractivity contribution in [2.45, 2.75) is 26.1 Å². The first-order valence-electron chi connectivity index (χ1n) is 2.57. The van der Waals surface area contributed by atoms with Crippen LogP contribution in [0.3, 0.4) is 0 Å². The Hall–Kier alpha value is -0.340. The minimum atomic E-state index is -0.769. The van der Waals surface area contributed by atoms with Crippen LogP contribution in [0.25, 0.3) is 0 Å². The second-order valence-corrected chi connectivity index (χ2v) is 2.03. The lowest BCUT2D eigenvalue weighted by Crippen LogP contribution is -2.22. The van der Waals surface area contributed by atoms with Crippen LogP contribution in [0.1, 0.15) is 13.8 Å². The van der Waals surface area contributed by atoms with Crippen LogP contribution in [0.4, 0.5) is 0 Å². The van der Waals surface area contributed by atoms with Gasteiger partial charge in [0.15, 0.2) is 0 Å². The van der Waals surface area contributed by atoms with Gasteiger partial charge in [-0.3, -0.25) is 0 Å². The zero-order valence-corrected chi connectivity index (χ0v) is 5.26. The van der Waals surface area contributed by atoms with E-state index in [9.17, 15) is 0 Å². The van der Waals surface area contributed by atoms with Crippen LogP contribution in [0.2, 0.25) is 0 Å². The van der Waals surface area contributed by atoms with Gasteiger partial charge in [0, 0.05) is 0 Å². The molecule has 0 aromatic rings. The maximum atomic E-state index is 8.85. The standard InChI is InChI=1S/C6H12O2/c1-4(2)6(8)5(3)7/h5-8H,1H2,2-3H3. The van der Waals surface area contributed by atoms with E-state index in [2.05, 4.69) is 6.58 Å². The maximum Gasteiger partial charge on any atom is 0.100 e. The van der Waals surface area contributed by atoms with Crippen LogP contribution < -0.4 is 0 Å². The topological polar surface area (TPSA) is 40.5 Å². The average Bonchev–Trinajstić information content (AvgIpc) is 1.64. The monoisotopic (exact) mass is 116 g/mol. The third kappa shape index (κ3) is 2.09. The molecule has 2 atom stereocenters. The lowest BCUT2D eigenvalue weighted by Gasteiger charge is -2.11. The molecule has 0 aromatic carbocycles. The molecule has 0 aliphatic carbocycles. The van der Waals surface area contributed by atoms with Gasteiger partial charge in [0.25, 0.3) is 0 Å². The summed E-state index contributed by atoms with van der Waals surface area (Å²) in [6.07, 6.45) is -1.47. The molecule has 0 saturated carbocycles. The fraction of sp³-hybridized carbons (Fsp3) is 0.667. The van der Waals surface area contributed by atoms with Crippen molar-refractivity contribution in [2.24, 2.45) is 0 Å². The summed E-state index contributed by atoms with van der Waals surface area (Å²) in [4.78, 5) is 0. The molecule has 2 unspecified atom stereocenters. The SMILES string of the molecule is C=C(C)C(O)C(C)O. The summed E-state index contributed by atoms with van der Waals surface area (Å²) < 4.78 is 0. The van der Waals surface area contributed by atoms with Crippen LogP contribution >= 0.6 is 0 Å². The molecule has 0 rings (SSSR count). The van der Waals surface area contributed by atoms with Crippen LogP contribution in [-0.4, -0.2) is 22.4 Å². The van der Waals surface area contributed by atoms with Gasteiger partial charge in [-0.1, -0.05) is 6.58 Å². The average molecular weight is 116 g/mol. The van der Waals surface area contributed by atoms with Crippen molar-refractivity contribution in [3.05, 3.63) is 12.2 Å². The Morgan fingerprint density at radius 1 is 1.50 bits per heavy atom. The number of aliphatic hydroxyl groups is 2. The molecule has 0 fully saturated rings. The van der Waals surface area contributed by atoms with Gasteiger partial charge < -0.3 is 10.2 Å². The summed E-state index contributed by atoms with van der Waals surface area (Å²) in [6.45, 7) is 6.67. The fourth-order valence-electron chi connectivity index (χ4n) is 0.412. The number of rotatable bonds is 2. The van der Waals surface area contributed by atoms with E-state index < -0.39 is 12.2 Å². The number of aliphatic hydroxyl groups excluding tert-OH is 2. The van der Waals surface area contributed by atoms with E-state index in [1.54, 1.807) is 6.92 Å². The highest BCUT2D eigenvalue weighted by atomic mass is 16.3. The first-order chi connectivity index (χ1) is 3.55. The van der Waals surface area contributed by atoms with Crippen molar-refractivity contribution in [1.82, 2.24) is 0 Å². The normalized spacial score (nSPS) is 17.5. The van der Waals surface area contributed by atoms with Crippen molar-refractivity contribution >= 4 is 0 Å². The van der Waals surface area contributed by atoms with Crippen LogP contribution in [-0.2, 0) is 0 Å². The van der Waals surface area contributed by atoms with E-state index in [-0.39, 0.29) is 0 Å². The van der Waals surface area contributed by atoms with Gasteiger partial charge in [0.1, 0.15) is 6.10 Å². The Bertz CT molecular complexity index is 86.5. The van der Waals surface area contributed by atoms with Crippen molar-refractivity contribution < 1.29 is 10.2 Å². The van der Waals surface area contributed by atoms with Crippen molar-refractivity contribution in [1.29, 1.82) is 0 Å². The van der Waals surface area contributed by atoms with Crippen molar-refractivity contribution in [3.8, 4) is 0 Å². The smallest absolute Gasteiger partial charge is 0.100 e. The molecular weight excluding hydrogens is 104 g/mol. The quantitative estimate of drug-likeness (QED) is 0.509. The first-order valence-corrected chi connectivity index (χ1v) is 2.57. The molecule has 0 aliphatic rings. The Labute approximate surface area is 49.5 Å². The first kappa shape index (κ1) is 7.66. The molecule has 0 spiro atoms. The van der Waals surface area contributed by atoms with Crippen LogP contribution in [0, 0.1) is 0 Å². The van der Waals surface area contributed by atoms with E-state index >= 15 is 0 Å². The van der Waals surface area contributed by atoms with Gasteiger partial charge >= 0.3 is 0 Å². The summed E-state index contributed by atoms with van der Waals surface area (Å²) in [6, 6.07) is 0. The molecule has 8 heavy (non-hydrogen) atoms. The van der Waals surface area contributed by atoms with Gasteiger partial charge in [-0.05, 0) is 19.4 Å². The summed E-state index contributed by atoms with van der Waals surface area (Å²) in [5, 5.41) is 17.5. The fourth-order valence-corrected chi connectivity index (χ4v) is 0.412. The van der Waals surface area contributed by atoms with Crippen molar-refractivity contribution in [3.63, 3.8) is 0 Å². The molecule has 0 amide bonds. The largest absolute Gasteiger partial charge is 0.390 e. The van der Waals surface area contributed by atoms with Gasteiger partial charge in [0.05, 0.1) is 6.10 Å². The zero-order chi connectivity index (χ0) is 6.73. The Kier molecular flexibility index (Phi) is 2.72. The molecule has 2 heteroatoms. The Morgan fingerprint density at radius 3 is 1.88 bits per heavy atom. The summed E-state index contributed by atoms with van der Waals surface area (Å²) >= 11 is 0. The second-order valence-electron chi connectivity index (χ2n) is 2.03. The molecule has 0 bridgehead atoms. The van der Waals surface area contributed by atoms with Gasteiger partial charge in [-0.15, -0.1) is 0 Å². The molecule has 0 aromatic heterocycles. The Morgan fingerprint density at radius 2 is 1.88 bits per heavy atom. The van der Waals surface area contributed by atoms with Gasteiger partial charge in [0.2, 0.25) is 0 Å². The van der Waals surface area contributed by atoms with Crippen molar-refractivity contribution in [2.75, 3.05) is 0 Å². The molecule has 0 heterocycles. The summed E-state index contributed by atoms with van der Waals surface area (Å²) in [7, 11) is 0. The number of hydrogen-bond acceptors (Lipinski definition) is 2. The maximum absolute atomic E-state index is 8.85. The predicted molar refractivity (Wildman–Crippen MR) is 32.5 cm³/mol. The predicted octanol–water partition coefficient (Wildman–Crippen LogP) is 0.304. The Balaban J connectivity index is 3.64. The molecule has 2 nitrogen and oxygen atoms in total. The molecule has 0 radical (unpaired) electrons. The molecule has 0 aliphatic heterocycles. The van der Waals surface area contributed by atoms with E-state index in [0.717, 1.165) is 0 Å². The van der Waals surface area contributed by atoms with E-state index in [1.165, 1.54) is 6.92 Å².